The van der Waals surface area contributed by atoms with Gasteiger partial charge in [-0.25, -0.2) is 8.42 Å². The Morgan fingerprint density at radius 2 is 1.89 bits per heavy atom. The maximum atomic E-state index is 12.9. The molecule has 1 amide bonds. The van der Waals surface area contributed by atoms with Gasteiger partial charge in [-0.1, -0.05) is 23.2 Å². The summed E-state index contributed by atoms with van der Waals surface area (Å²) in [5.41, 5.74) is 0.439. The summed E-state index contributed by atoms with van der Waals surface area (Å²) in [5.74, 6) is -0.184. The van der Waals surface area contributed by atoms with Crippen LogP contribution in [0.25, 0.3) is 0 Å². The number of rotatable bonds is 5. The molecule has 0 bridgehead atoms. The van der Waals surface area contributed by atoms with Crippen LogP contribution in [0.5, 0.6) is 5.75 Å². The number of sulfonamides is 1. The maximum absolute atomic E-state index is 12.9. The molecule has 1 fully saturated rings. The zero-order valence-electron chi connectivity index (χ0n) is 15.2. The number of halogens is 2. The summed E-state index contributed by atoms with van der Waals surface area (Å²) in [6, 6.07) is 5.73. The van der Waals surface area contributed by atoms with E-state index in [0.717, 1.165) is 0 Å². The van der Waals surface area contributed by atoms with Crippen LogP contribution < -0.4 is 10.1 Å². The van der Waals surface area contributed by atoms with Crippen LogP contribution in [0.3, 0.4) is 0 Å². The minimum absolute atomic E-state index is 0.0495. The molecule has 28 heavy (non-hydrogen) atoms. The Labute approximate surface area is 173 Å². The minimum Gasteiger partial charge on any atom is -0.495 e. The summed E-state index contributed by atoms with van der Waals surface area (Å²) in [4.78, 5) is 12.7. The second-order valence-corrected chi connectivity index (χ2v) is 8.76. The van der Waals surface area contributed by atoms with E-state index in [1.807, 2.05) is 0 Å². The topological polar surface area (TPSA) is 89.9 Å². The van der Waals surface area contributed by atoms with E-state index in [1.54, 1.807) is 7.05 Å². The second kappa shape index (κ2) is 8.30. The van der Waals surface area contributed by atoms with Gasteiger partial charge in [0, 0.05) is 20.1 Å². The molecule has 1 aliphatic rings. The molecule has 1 aromatic heterocycles. The number of amides is 1. The highest BCUT2D eigenvalue weighted by Crippen LogP contribution is 2.31. The van der Waals surface area contributed by atoms with E-state index in [2.05, 4.69) is 5.32 Å². The van der Waals surface area contributed by atoms with Crippen molar-refractivity contribution in [2.24, 2.45) is 7.05 Å². The number of morpholine rings is 1. The maximum Gasteiger partial charge on any atom is 0.272 e. The molecule has 0 atom stereocenters. The number of carbonyl (C=O) groups excluding carboxylic acids is 1. The molecule has 0 saturated carbocycles. The van der Waals surface area contributed by atoms with E-state index in [0.29, 0.717) is 19.0 Å². The summed E-state index contributed by atoms with van der Waals surface area (Å²) >= 11 is 12.0. The van der Waals surface area contributed by atoms with Crippen molar-refractivity contribution in [3.8, 4) is 5.75 Å². The smallest absolute Gasteiger partial charge is 0.272 e. The fraction of sp³-hybridized carbons (Fsp3) is 0.353. The zero-order valence-corrected chi connectivity index (χ0v) is 17.6. The van der Waals surface area contributed by atoms with Crippen LogP contribution in [-0.4, -0.2) is 56.6 Å². The molecule has 0 spiro atoms. The standard InChI is InChI=1S/C17H19Cl2N3O5S/c1-21-14(10-12(18)16(21)19)17(23)20-13-9-11(3-4-15(13)26-2)28(24,25)22-5-7-27-8-6-22/h3-4,9-10H,5-8H2,1-2H3,(H,20,23). The highest BCUT2D eigenvalue weighted by molar-refractivity contribution is 7.89. The van der Waals surface area contributed by atoms with Gasteiger partial charge >= 0.3 is 0 Å². The van der Waals surface area contributed by atoms with Crippen molar-refractivity contribution in [3.05, 3.63) is 40.1 Å². The predicted molar refractivity (Wildman–Crippen MR) is 106 cm³/mol. The number of carbonyl (C=O) groups is 1. The molecule has 152 valence electrons. The van der Waals surface area contributed by atoms with E-state index in [9.17, 15) is 13.2 Å². The average molecular weight is 448 g/mol. The van der Waals surface area contributed by atoms with Crippen molar-refractivity contribution in [2.45, 2.75) is 4.90 Å². The predicted octanol–water partition coefficient (Wildman–Crippen LogP) is 2.61. The van der Waals surface area contributed by atoms with Crippen molar-refractivity contribution >= 4 is 44.8 Å². The van der Waals surface area contributed by atoms with Gasteiger partial charge in [0.25, 0.3) is 5.91 Å². The molecular formula is C17H19Cl2N3O5S. The Bertz CT molecular complexity index is 1000. The Morgan fingerprint density at radius 1 is 1.21 bits per heavy atom. The summed E-state index contributed by atoms with van der Waals surface area (Å²) in [5, 5.41) is 3.13. The Balaban J connectivity index is 1.93. The quantitative estimate of drug-likeness (QED) is 0.760. The molecular weight excluding hydrogens is 429 g/mol. The first kappa shape index (κ1) is 20.9. The van der Waals surface area contributed by atoms with E-state index in [-0.39, 0.29) is 39.5 Å². The fourth-order valence-electron chi connectivity index (χ4n) is 2.83. The molecule has 0 unspecified atom stereocenters. The Kier molecular flexibility index (Phi) is 6.21. The molecule has 2 aromatic rings. The number of nitrogens with zero attached hydrogens (tertiary/aromatic N) is 2. The molecule has 1 aliphatic heterocycles. The van der Waals surface area contributed by atoms with E-state index in [4.69, 9.17) is 32.7 Å². The number of methoxy groups -OCH3 is 1. The Hall–Kier alpha value is -1.78. The molecule has 1 N–H and O–H groups in total. The third kappa shape index (κ3) is 3.99. The van der Waals surface area contributed by atoms with Crippen molar-refractivity contribution in [1.29, 1.82) is 0 Å². The lowest BCUT2D eigenvalue weighted by Crippen LogP contribution is -2.40. The van der Waals surface area contributed by atoms with Crippen LogP contribution in [0, 0.1) is 0 Å². The molecule has 1 saturated heterocycles. The molecule has 0 aliphatic carbocycles. The van der Waals surface area contributed by atoms with Gasteiger partial charge in [-0.3, -0.25) is 4.79 Å². The van der Waals surface area contributed by atoms with Gasteiger partial charge in [-0.2, -0.15) is 4.31 Å². The van der Waals surface area contributed by atoms with Gasteiger partial charge in [0.1, 0.15) is 16.6 Å². The van der Waals surface area contributed by atoms with E-state index >= 15 is 0 Å². The van der Waals surface area contributed by atoms with Crippen LogP contribution >= 0.6 is 23.2 Å². The van der Waals surface area contributed by atoms with E-state index < -0.39 is 15.9 Å². The number of hydrogen-bond acceptors (Lipinski definition) is 5. The lowest BCUT2D eigenvalue weighted by atomic mass is 10.2. The van der Waals surface area contributed by atoms with Gasteiger partial charge < -0.3 is 19.4 Å². The third-order valence-corrected chi connectivity index (χ3v) is 7.11. The van der Waals surface area contributed by atoms with Crippen LogP contribution in [-0.2, 0) is 21.8 Å². The molecule has 0 radical (unpaired) electrons. The van der Waals surface area contributed by atoms with Gasteiger partial charge in [0.05, 0.1) is 35.9 Å². The number of hydrogen-bond donors (Lipinski definition) is 1. The molecule has 8 nitrogen and oxygen atoms in total. The summed E-state index contributed by atoms with van der Waals surface area (Å²) < 4.78 is 39.0. The lowest BCUT2D eigenvalue weighted by Gasteiger charge is -2.26. The monoisotopic (exact) mass is 447 g/mol. The zero-order chi connectivity index (χ0) is 20.5. The van der Waals surface area contributed by atoms with Gasteiger partial charge in [-0.15, -0.1) is 0 Å². The first-order chi connectivity index (χ1) is 13.3. The Morgan fingerprint density at radius 3 is 2.46 bits per heavy atom. The van der Waals surface area contributed by atoms with E-state index in [1.165, 1.54) is 40.2 Å². The third-order valence-electron chi connectivity index (χ3n) is 4.38. The molecule has 3 rings (SSSR count). The average Bonchev–Trinajstić information content (AvgIpc) is 2.96. The molecule has 1 aromatic carbocycles. The first-order valence-electron chi connectivity index (χ1n) is 8.33. The summed E-state index contributed by atoms with van der Waals surface area (Å²) in [6.45, 7) is 1.23. The summed E-state index contributed by atoms with van der Waals surface area (Å²) in [6.07, 6.45) is 0. The molecule has 2 heterocycles. The fourth-order valence-corrected chi connectivity index (χ4v) is 4.64. The van der Waals surface area contributed by atoms with Crippen LogP contribution in [0.2, 0.25) is 10.2 Å². The number of ether oxygens (including phenoxy) is 2. The van der Waals surface area contributed by atoms with Crippen molar-refractivity contribution in [3.63, 3.8) is 0 Å². The SMILES string of the molecule is COc1ccc(S(=O)(=O)N2CCOCC2)cc1NC(=O)c1cc(Cl)c(Cl)n1C. The van der Waals surface area contributed by atoms with Crippen molar-refractivity contribution in [1.82, 2.24) is 8.87 Å². The largest absolute Gasteiger partial charge is 0.495 e. The highest BCUT2D eigenvalue weighted by atomic mass is 35.5. The number of aromatic nitrogens is 1. The van der Waals surface area contributed by atoms with Crippen molar-refractivity contribution < 1.29 is 22.7 Å². The first-order valence-corrected chi connectivity index (χ1v) is 10.5. The number of nitrogens with one attached hydrogen (secondary N) is 1. The normalized spacial score (nSPS) is 15.4. The number of benzene rings is 1. The highest BCUT2D eigenvalue weighted by Gasteiger charge is 2.27. The van der Waals surface area contributed by atoms with Gasteiger partial charge in [0.2, 0.25) is 10.0 Å². The van der Waals surface area contributed by atoms with Crippen LogP contribution in [0.1, 0.15) is 10.5 Å². The van der Waals surface area contributed by atoms with Crippen LogP contribution in [0.4, 0.5) is 5.69 Å². The second-order valence-electron chi connectivity index (χ2n) is 6.06. The van der Waals surface area contributed by atoms with Crippen LogP contribution in [0.15, 0.2) is 29.2 Å². The van der Waals surface area contributed by atoms with Crippen molar-refractivity contribution in [2.75, 3.05) is 38.7 Å². The minimum atomic E-state index is -3.72. The van der Waals surface area contributed by atoms with Gasteiger partial charge in [0.15, 0.2) is 0 Å². The molecule has 11 heteroatoms. The number of anilines is 1. The lowest BCUT2D eigenvalue weighted by molar-refractivity contribution is 0.0730. The van der Waals surface area contributed by atoms with Gasteiger partial charge in [-0.05, 0) is 24.3 Å². The summed E-state index contributed by atoms with van der Waals surface area (Å²) in [7, 11) is -0.697.